The first-order valence-electron chi connectivity index (χ1n) is 7.75. The van der Waals surface area contributed by atoms with Gasteiger partial charge in [-0.2, -0.15) is 0 Å². The van der Waals surface area contributed by atoms with Gasteiger partial charge in [0.15, 0.2) is 21.3 Å². The van der Waals surface area contributed by atoms with Crippen molar-refractivity contribution in [1.82, 2.24) is 9.88 Å². The minimum absolute atomic E-state index is 0.291. The molecule has 2 heterocycles. The molecule has 0 unspecified atom stereocenters. The highest BCUT2D eigenvalue weighted by Gasteiger charge is 2.28. The van der Waals surface area contributed by atoms with Gasteiger partial charge in [-0.1, -0.05) is 12.1 Å². The number of nitrogens with zero attached hydrogens (tertiary/aromatic N) is 2. The third kappa shape index (κ3) is 3.87. The summed E-state index contributed by atoms with van der Waals surface area (Å²) in [5, 5.41) is 0. The highest BCUT2D eigenvalue weighted by Crippen LogP contribution is 2.19. The molecular formula is C16H22N2O3S. The maximum Gasteiger partial charge on any atom is 0.195 e. The van der Waals surface area contributed by atoms with E-state index in [1.54, 1.807) is 0 Å². The number of benzene rings is 1. The van der Waals surface area contributed by atoms with E-state index in [0.29, 0.717) is 17.4 Å². The highest BCUT2D eigenvalue weighted by molar-refractivity contribution is 7.91. The lowest BCUT2D eigenvalue weighted by molar-refractivity contribution is 0.282. The van der Waals surface area contributed by atoms with Crippen LogP contribution in [0.2, 0.25) is 0 Å². The Morgan fingerprint density at radius 1 is 1.36 bits per heavy atom. The fourth-order valence-corrected chi connectivity index (χ4v) is 4.92. The first-order valence-corrected chi connectivity index (χ1v) is 9.57. The van der Waals surface area contributed by atoms with E-state index in [2.05, 4.69) is 16.9 Å². The number of hydrogen-bond acceptors (Lipinski definition) is 5. The van der Waals surface area contributed by atoms with Gasteiger partial charge in [0.1, 0.15) is 5.52 Å². The monoisotopic (exact) mass is 322 g/mol. The quantitative estimate of drug-likeness (QED) is 0.815. The molecule has 1 aliphatic rings. The van der Waals surface area contributed by atoms with Gasteiger partial charge in [-0.05, 0) is 44.5 Å². The van der Waals surface area contributed by atoms with Crippen LogP contribution in [-0.4, -0.2) is 49.9 Å². The van der Waals surface area contributed by atoms with Crippen LogP contribution in [0.5, 0.6) is 0 Å². The SMILES string of the molecule is CN(CCCc1nc2ccccc2o1)C[C@@H]1CCS(=O)(=O)C1. The molecular weight excluding hydrogens is 300 g/mol. The second-order valence-corrected chi connectivity index (χ2v) is 8.44. The molecule has 1 aromatic carbocycles. The molecule has 0 N–H and O–H groups in total. The second kappa shape index (κ2) is 6.38. The number of rotatable bonds is 6. The van der Waals surface area contributed by atoms with Crippen molar-refractivity contribution in [2.75, 3.05) is 31.6 Å². The van der Waals surface area contributed by atoms with Crippen LogP contribution in [0.25, 0.3) is 11.1 Å². The van der Waals surface area contributed by atoms with E-state index in [1.165, 1.54) is 0 Å². The van der Waals surface area contributed by atoms with Crippen molar-refractivity contribution >= 4 is 20.9 Å². The minimum atomic E-state index is -2.77. The molecule has 2 aromatic rings. The molecule has 1 saturated heterocycles. The van der Waals surface area contributed by atoms with Crippen molar-refractivity contribution in [1.29, 1.82) is 0 Å². The zero-order chi connectivity index (χ0) is 15.6. The molecule has 0 amide bonds. The van der Waals surface area contributed by atoms with E-state index in [-0.39, 0.29) is 0 Å². The van der Waals surface area contributed by atoms with Crippen LogP contribution >= 0.6 is 0 Å². The Bertz CT molecular complexity index is 706. The highest BCUT2D eigenvalue weighted by atomic mass is 32.2. The fourth-order valence-electron chi connectivity index (χ4n) is 3.08. The van der Waals surface area contributed by atoms with Gasteiger partial charge in [0.25, 0.3) is 0 Å². The van der Waals surface area contributed by atoms with Crippen molar-refractivity contribution in [3.8, 4) is 0 Å². The summed E-state index contributed by atoms with van der Waals surface area (Å²) in [7, 11) is -0.718. The Labute approximate surface area is 131 Å². The average Bonchev–Trinajstić information content (AvgIpc) is 3.01. The van der Waals surface area contributed by atoms with Crippen molar-refractivity contribution in [2.45, 2.75) is 19.3 Å². The van der Waals surface area contributed by atoms with Crippen LogP contribution in [0.15, 0.2) is 28.7 Å². The van der Waals surface area contributed by atoms with Crippen LogP contribution in [0.3, 0.4) is 0 Å². The van der Waals surface area contributed by atoms with Gasteiger partial charge in [0, 0.05) is 13.0 Å². The van der Waals surface area contributed by atoms with Crippen LogP contribution < -0.4 is 0 Å². The number of hydrogen-bond donors (Lipinski definition) is 0. The molecule has 0 saturated carbocycles. The molecule has 1 fully saturated rings. The lowest BCUT2D eigenvalue weighted by Crippen LogP contribution is -2.27. The molecule has 120 valence electrons. The Morgan fingerprint density at radius 3 is 2.91 bits per heavy atom. The van der Waals surface area contributed by atoms with Gasteiger partial charge in [-0.25, -0.2) is 13.4 Å². The van der Waals surface area contributed by atoms with Crippen LogP contribution in [-0.2, 0) is 16.3 Å². The number of para-hydroxylation sites is 2. The van der Waals surface area contributed by atoms with Gasteiger partial charge in [-0.15, -0.1) is 0 Å². The molecule has 6 heteroatoms. The summed E-state index contributed by atoms with van der Waals surface area (Å²) < 4.78 is 28.6. The maximum absolute atomic E-state index is 11.5. The Balaban J connectivity index is 1.44. The van der Waals surface area contributed by atoms with E-state index in [4.69, 9.17) is 4.42 Å². The summed E-state index contributed by atoms with van der Waals surface area (Å²) in [4.78, 5) is 6.68. The van der Waals surface area contributed by atoms with Crippen LogP contribution in [0.4, 0.5) is 0 Å². The van der Waals surface area contributed by atoms with Gasteiger partial charge in [0.05, 0.1) is 11.5 Å². The zero-order valence-corrected chi connectivity index (χ0v) is 13.7. The van der Waals surface area contributed by atoms with Gasteiger partial charge in [0.2, 0.25) is 0 Å². The van der Waals surface area contributed by atoms with Crippen molar-refractivity contribution in [3.05, 3.63) is 30.2 Å². The number of sulfone groups is 1. The van der Waals surface area contributed by atoms with E-state index in [1.807, 2.05) is 24.3 Å². The smallest absolute Gasteiger partial charge is 0.195 e. The van der Waals surface area contributed by atoms with Crippen LogP contribution in [0, 0.1) is 5.92 Å². The second-order valence-electron chi connectivity index (χ2n) is 6.21. The molecule has 0 aliphatic carbocycles. The number of oxazole rings is 1. The molecule has 0 bridgehead atoms. The Kier molecular flexibility index (Phi) is 4.49. The van der Waals surface area contributed by atoms with Gasteiger partial charge >= 0.3 is 0 Å². The average molecular weight is 322 g/mol. The summed E-state index contributed by atoms with van der Waals surface area (Å²) in [6.07, 6.45) is 2.57. The molecule has 1 atom stereocenters. The van der Waals surface area contributed by atoms with Crippen molar-refractivity contribution in [3.63, 3.8) is 0 Å². The number of fused-ring (bicyclic) bond motifs is 1. The normalized spacial score (nSPS) is 20.9. The predicted molar refractivity (Wildman–Crippen MR) is 86.6 cm³/mol. The Hall–Kier alpha value is -1.40. The summed E-state index contributed by atoms with van der Waals surface area (Å²) in [6.45, 7) is 1.78. The van der Waals surface area contributed by atoms with E-state index >= 15 is 0 Å². The summed E-state index contributed by atoms with van der Waals surface area (Å²) in [5.41, 5.74) is 1.74. The standard InChI is InChI=1S/C16H22N2O3S/c1-18(11-13-8-10-22(19,20)12-13)9-4-7-16-17-14-5-2-3-6-15(14)21-16/h2-3,5-6,13H,4,7-12H2,1H3/t13-/m0/s1. The molecule has 0 spiro atoms. The topological polar surface area (TPSA) is 63.4 Å². The van der Waals surface area contributed by atoms with Gasteiger partial charge < -0.3 is 9.32 Å². The lowest BCUT2D eigenvalue weighted by Gasteiger charge is -2.19. The third-order valence-electron chi connectivity index (χ3n) is 4.17. The van der Waals surface area contributed by atoms with Gasteiger partial charge in [-0.3, -0.25) is 0 Å². The third-order valence-corrected chi connectivity index (χ3v) is 6.00. The number of aryl methyl sites for hydroxylation is 1. The summed E-state index contributed by atoms with van der Waals surface area (Å²) in [5.74, 6) is 1.77. The summed E-state index contributed by atoms with van der Waals surface area (Å²) in [6, 6.07) is 7.78. The lowest BCUT2D eigenvalue weighted by atomic mass is 10.1. The molecule has 3 rings (SSSR count). The first-order chi connectivity index (χ1) is 10.5. The maximum atomic E-state index is 11.5. The fraction of sp³-hybridized carbons (Fsp3) is 0.562. The molecule has 5 nitrogen and oxygen atoms in total. The van der Waals surface area contributed by atoms with Crippen LogP contribution in [0.1, 0.15) is 18.7 Å². The van der Waals surface area contributed by atoms with Crippen molar-refractivity contribution < 1.29 is 12.8 Å². The summed E-state index contributed by atoms with van der Waals surface area (Å²) >= 11 is 0. The molecule has 0 radical (unpaired) electrons. The predicted octanol–water partition coefficient (Wildman–Crippen LogP) is 2.13. The molecule has 1 aromatic heterocycles. The number of aromatic nitrogens is 1. The largest absolute Gasteiger partial charge is 0.441 e. The molecule has 22 heavy (non-hydrogen) atoms. The Morgan fingerprint density at radius 2 is 2.18 bits per heavy atom. The minimum Gasteiger partial charge on any atom is -0.441 e. The van der Waals surface area contributed by atoms with Crippen molar-refractivity contribution in [2.24, 2.45) is 5.92 Å². The van der Waals surface area contributed by atoms with E-state index in [0.717, 1.165) is 49.3 Å². The zero-order valence-electron chi connectivity index (χ0n) is 12.9. The first kappa shape index (κ1) is 15.5. The van der Waals surface area contributed by atoms with E-state index < -0.39 is 9.84 Å². The van der Waals surface area contributed by atoms with E-state index in [9.17, 15) is 8.42 Å². The molecule has 1 aliphatic heterocycles.